The number of aryl methyl sites for hydroxylation is 2. The summed E-state index contributed by atoms with van der Waals surface area (Å²) in [4.78, 5) is 51.9. The van der Waals surface area contributed by atoms with Gasteiger partial charge in [0.1, 0.15) is 11.5 Å². The van der Waals surface area contributed by atoms with Crippen LogP contribution in [-0.2, 0) is 22.4 Å². The van der Waals surface area contributed by atoms with Crippen molar-refractivity contribution in [3.8, 4) is 11.5 Å². The average molecular weight is 611 g/mol. The molecule has 0 saturated carbocycles. The third kappa shape index (κ3) is 11.9. The molecule has 0 aliphatic rings. The molecule has 0 aromatic heterocycles. The summed E-state index contributed by atoms with van der Waals surface area (Å²) in [6, 6.07) is 9.73. The Morgan fingerprint density at radius 1 is 0.614 bits per heavy atom. The van der Waals surface area contributed by atoms with Crippen molar-refractivity contribution in [2.75, 3.05) is 0 Å². The molecule has 2 rings (SSSR count). The predicted molar refractivity (Wildman–Crippen MR) is 171 cm³/mol. The van der Waals surface area contributed by atoms with Crippen LogP contribution in [0.15, 0.2) is 36.4 Å². The molecule has 0 fully saturated rings. The smallest absolute Gasteiger partial charge is 0.273 e. The van der Waals surface area contributed by atoms with Crippen molar-refractivity contribution >= 4 is 23.6 Å². The van der Waals surface area contributed by atoms with Crippen LogP contribution >= 0.6 is 0 Å². The number of hydrogen-bond donors (Lipinski definition) is 6. The molecule has 10 nitrogen and oxygen atoms in total. The second kappa shape index (κ2) is 20.0. The Kier molecular flexibility index (Phi) is 16.4. The molecule has 6 N–H and O–H groups in total. The topological polar surface area (TPSA) is 157 Å². The molecule has 0 radical (unpaired) electrons. The maximum atomic E-state index is 13.2. The van der Waals surface area contributed by atoms with Crippen molar-refractivity contribution < 1.29 is 29.4 Å². The summed E-state index contributed by atoms with van der Waals surface area (Å²) >= 11 is 0. The third-order valence-electron chi connectivity index (χ3n) is 7.63. The summed E-state index contributed by atoms with van der Waals surface area (Å²) in [6.45, 7) is 6.20. The zero-order valence-electron chi connectivity index (χ0n) is 26.5. The molecule has 2 aromatic carbocycles. The molecule has 1 unspecified atom stereocenters. The number of unbranched alkanes of at least 4 members (excludes halogenated alkanes) is 7. The Balaban J connectivity index is 2.05. The van der Waals surface area contributed by atoms with Gasteiger partial charge in [0.05, 0.1) is 11.1 Å². The number of hydrazine groups is 2. The summed E-state index contributed by atoms with van der Waals surface area (Å²) in [5, 5.41) is 20.7. The van der Waals surface area contributed by atoms with E-state index in [1.807, 2.05) is 13.8 Å². The van der Waals surface area contributed by atoms with Crippen LogP contribution in [0.2, 0.25) is 0 Å². The summed E-state index contributed by atoms with van der Waals surface area (Å²) in [5.74, 6) is -3.53. The molecule has 242 valence electrons. The van der Waals surface area contributed by atoms with Crippen LogP contribution in [0.4, 0.5) is 0 Å². The van der Waals surface area contributed by atoms with Gasteiger partial charge in [-0.2, -0.15) is 0 Å². The first kappa shape index (κ1) is 36.1. The number of phenols is 2. The number of rotatable bonds is 18. The number of hydrogen-bond acceptors (Lipinski definition) is 6. The Morgan fingerprint density at radius 2 is 1.09 bits per heavy atom. The second-order valence-electron chi connectivity index (χ2n) is 11.2. The third-order valence-corrected chi connectivity index (χ3v) is 7.63. The van der Waals surface area contributed by atoms with Crippen molar-refractivity contribution in [1.29, 1.82) is 0 Å². The molecule has 0 heterocycles. The zero-order valence-corrected chi connectivity index (χ0v) is 26.5. The van der Waals surface area contributed by atoms with Crippen LogP contribution in [0.1, 0.15) is 130 Å². The first-order valence-electron chi connectivity index (χ1n) is 16.0. The lowest BCUT2D eigenvalue weighted by molar-refractivity contribution is -0.131. The maximum Gasteiger partial charge on any atom is 0.273 e. The molecule has 2 aromatic rings. The molecule has 44 heavy (non-hydrogen) atoms. The number of aromatic hydroxyl groups is 2. The van der Waals surface area contributed by atoms with Gasteiger partial charge in [0.25, 0.3) is 11.8 Å². The van der Waals surface area contributed by atoms with Gasteiger partial charge >= 0.3 is 0 Å². The van der Waals surface area contributed by atoms with Gasteiger partial charge in [0, 0.05) is 12.3 Å². The minimum absolute atomic E-state index is 0.104. The zero-order chi connectivity index (χ0) is 32.3. The van der Waals surface area contributed by atoms with Crippen molar-refractivity contribution in [3.63, 3.8) is 0 Å². The number of phenolic OH excluding ortho intramolecular Hbond substituents is 2. The fraction of sp³-hybridized carbons (Fsp3) is 0.529. The molecule has 0 aliphatic carbocycles. The molecular weight excluding hydrogens is 560 g/mol. The Bertz CT molecular complexity index is 1230. The van der Waals surface area contributed by atoms with Crippen molar-refractivity contribution in [2.45, 2.75) is 111 Å². The molecule has 0 spiro atoms. The highest BCUT2D eigenvalue weighted by atomic mass is 16.3. The van der Waals surface area contributed by atoms with E-state index >= 15 is 0 Å². The SMILES string of the molecule is CCCCCCCCC(CC(=O)NNC(=O)c1c(O)cccc1CCCC)C(=O)NNC(=O)c1c(O)cccc1CCCC. The Hall–Kier alpha value is -4.08. The highest BCUT2D eigenvalue weighted by molar-refractivity contribution is 6.00. The summed E-state index contributed by atoms with van der Waals surface area (Å²) in [6.07, 6.45) is 10.9. The number of carbonyl (C=O) groups excluding carboxylic acids is 4. The minimum atomic E-state index is -0.771. The van der Waals surface area contributed by atoms with Crippen LogP contribution < -0.4 is 21.7 Å². The normalized spacial score (nSPS) is 11.4. The van der Waals surface area contributed by atoms with E-state index < -0.39 is 29.5 Å². The van der Waals surface area contributed by atoms with Gasteiger partial charge in [-0.25, -0.2) is 0 Å². The highest BCUT2D eigenvalue weighted by Crippen LogP contribution is 2.24. The Labute approximate surface area is 261 Å². The van der Waals surface area contributed by atoms with E-state index in [9.17, 15) is 29.4 Å². The summed E-state index contributed by atoms with van der Waals surface area (Å²) < 4.78 is 0. The molecule has 1 atom stereocenters. The van der Waals surface area contributed by atoms with Crippen LogP contribution in [0.3, 0.4) is 0 Å². The van der Waals surface area contributed by atoms with Gasteiger partial charge in [-0.1, -0.05) is 96.4 Å². The van der Waals surface area contributed by atoms with E-state index in [2.05, 4.69) is 28.6 Å². The summed E-state index contributed by atoms with van der Waals surface area (Å²) in [5.41, 5.74) is 11.1. The standard InChI is InChI=1S/C34H50N4O6/c1-4-7-10-11-12-13-18-26(32(42)36-38-34(44)31-25(17-9-6-3)20-15-22-28(31)40)23-29(41)35-37-33(43)30-24(16-8-5-2)19-14-21-27(30)39/h14-15,19-22,26,39-40H,4-13,16-18,23H2,1-3H3,(H,35,41)(H,36,42)(H,37,43)(H,38,44). The van der Waals surface area contributed by atoms with Crippen molar-refractivity contribution in [3.05, 3.63) is 58.7 Å². The van der Waals surface area contributed by atoms with Gasteiger partial charge < -0.3 is 10.2 Å². The van der Waals surface area contributed by atoms with Gasteiger partial charge in [-0.3, -0.25) is 40.9 Å². The van der Waals surface area contributed by atoms with Crippen LogP contribution in [0.25, 0.3) is 0 Å². The van der Waals surface area contributed by atoms with E-state index in [-0.39, 0.29) is 29.0 Å². The number of nitrogens with one attached hydrogen (secondary N) is 4. The molecule has 0 saturated heterocycles. The fourth-order valence-electron chi connectivity index (χ4n) is 5.09. The minimum Gasteiger partial charge on any atom is -0.507 e. The lowest BCUT2D eigenvalue weighted by Crippen LogP contribution is -2.47. The average Bonchev–Trinajstić information content (AvgIpc) is 3.01. The van der Waals surface area contributed by atoms with Crippen molar-refractivity contribution in [1.82, 2.24) is 21.7 Å². The van der Waals surface area contributed by atoms with E-state index in [4.69, 9.17) is 0 Å². The van der Waals surface area contributed by atoms with Crippen LogP contribution in [0.5, 0.6) is 11.5 Å². The predicted octanol–water partition coefficient (Wildman–Crippen LogP) is 5.76. The van der Waals surface area contributed by atoms with Crippen molar-refractivity contribution in [2.24, 2.45) is 5.92 Å². The van der Waals surface area contributed by atoms with Gasteiger partial charge in [-0.05, 0) is 55.4 Å². The molecular formula is C34H50N4O6. The number of benzene rings is 2. The number of carbonyl (C=O) groups is 4. The fourth-order valence-corrected chi connectivity index (χ4v) is 5.09. The maximum absolute atomic E-state index is 13.2. The quantitative estimate of drug-likeness (QED) is 0.0930. The highest BCUT2D eigenvalue weighted by Gasteiger charge is 2.24. The first-order chi connectivity index (χ1) is 21.2. The van der Waals surface area contributed by atoms with Crippen LogP contribution in [0, 0.1) is 5.92 Å². The molecule has 10 heteroatoms. The van der Waals surface area contributed by atoms with E-state index in [0.29, 0.717) is 36.8 Å². The molecule has 0 aliphatic heterocycles. The Morgan fingerprint density at radius 3 is 1.61 bits per heavy atom. The number of amides is 4. The van der Waals surface area contributed by atoms with E-state index in [1.165, 1.54) is 12.1 Å². The summed E-state index contributed by atoms with van der Waals surface area (Å²) in [7, 11) is 0. The van der Waals surface area contributed by atoms with Gasteiger partial charge in [0.2, 0.25) is 11.8 Å². The largest absolute Gasteiger partial charge is 0.507 e. The first-order valence-corrected chi connectivity index (χ1v) is 16.0. The van der Waals surface area contributed by atoms with E-state index in [0.717, 1.165) is 57.8 Å². The molecule has 4 amide bonds. The lowest BCUT2D eigenvalue weighted by Gasteiger charge is -2.18. The molecule has 0 bridgehead atoms. The monoisotopic (exact) mass is 610 g/mol. The second-order valence-corrected chi connectivity index (χ2v) is 11.2. The van der Waals surface area contributed by atoms with Gasteiger partial charge in [0.15, 0.2) is 0 Å². The van der Waals surface area contributed by atoms with Crippen LogP contribution in [-0.4, -0.2) is 33.8 Å². The van der Waals surface area contributed by atoms with E-state index in [1.54, 1.807) is 24.3 Å². The lowest BCUT2D eigenvalue weighted by atomic mass is 9.96. The van der Waals surface area contributed by atoms with Gasteiger partial charge in [-0.15, -0.1) is 0 Å².